The van der Waals surface area contributed by atoms with E-state index in [1.165, 1.54) is 0 Å². The Bertz CT molecular complexity index is 466. The van der Waals surface area contributed by atoms with E-state index in [4.69, 9.17) is 5.26 Å². The van der Waals surface area contributed by atoms with Crippen molar-refractivity contribution in [3.63, 3.8) is 0 Å². The topological polar surface area (TPSA) is 69.0 Å². The molecule has 1 saturated heterocycles. The number of carbonyl (C=O) groups is 1. The van der Waals surface area contributed by atoms with Gasteiger partial charge in [0.2, 0.25) is 5.91 Å². The van der Waals surface area contributed by atoms with E-state index in [-0.39, 0.29) is 11.9 Å². The lowest BCUT2D eigenvalue weighted by atomic mass is 10.1. The van der Waals surface area contributed by atoms with Gasteiger partial charge < -0.3 is 10.2 Å². The Kier molecular flexibility index (Phi) is 3.24. The Labute approximate surface area is 100 Å². The molecule has 5 nitrogen and oxygen atoms in total. The largest absolute Gasteiger partial charge is 0.358 e. The van der Waals surface area contributed by atoms with E-state index < -0.39 is 0 Å². The number of hydrogen-bond acceptors (Lipinski definition) is 4. The van der Waals surface area contributed by atoms with Crippen LogP contribution in [-0.4, -0.2) is 30.0 Å². The Morgan fingerprint density at radius 1 is 1.71 bits per heavy atom. The zero-order valence-corrected chi connectivity index (χ0v) is 9.68. The van der Waals surface area contributed by atoms with Crippen LogP contribution in [0.1, 0.15) is 19.0 Å². The highest BCUT2D eigenvalue weighted by molar-refractivity contribution is 5.86. The Morgan fingerprint density at radius 2 is 2.53 bits per heavy atom. The highest BCUT2D eigenvalue weighted by atomic mass is 16.2. The molecular formula is C12H14N4O. The predicted molar refractivity (Wildman–Crippen MR) is 63.4 cm³/mol. The first-order chi connectivity index (χ1) is 8.26. The summed E-state index contributed by atoms with van der Waals surface area (Å²) in [4.78, 5) is 17.7. The maximum Gasteiger partial charge on any atom is 0.242 e. The summed E-state index contributed by atoms with van der Waals surface area (Å²) in [6, 6.07) is 5.42. The molecule has 5 heteroatoms. The van der Waals surface area contributed by atoms with Crippen LogP contribution in [0.4, 0.5) is 5.69 Å². The van der Waals surface area contributed by atoms with Crippen molar-refractivity contribution in [1.29, 1.82) is 5.26 Å². The van der Waals surface area contributed by atoms with Gasteiger partial charge in [-0.05, 0) is 18.6 Å². The number of anilines is 1. The smallest absolute Gasteiger partial charge is 0.242 e. The van der Waals surface area contributed by atoms with Gasteiger partial charge in [-0.15, -0.1) is 0 Å². The van der Waals surface area contributed by atoms with Crippen LogP contribution in [0.25, 0.3) is 0 Å². The normalized spacial score (nSPS) is 19.6. The number of carbonyl (C=O) groups excluding carboxylic acids is 1. The molecule has 1 aliphatic heterocycles. The second kappa shape index (κ2) is 4.83. The SMILES string of the molecule is CCC1C(=O)NCCN1c1ccnc(C#N)c1. The summed E-state index contributed by atoms with van der Waals surface area (Å²) < 4.78 is 0. The molecule has 1 aromatic rings. The quantitative estimate of drug-likeness (QED) is 0.810. The molecule has 0 saturated carbocycles. The molecule has 2 rings (SSSR count). The fourth-order valence-corrected chi connectivity index (χ4v) is 2.09. The number of rotatable bonds is 2. The van der Waals surface area contributed by atoms with Crippen molar-refractivity contribution in [2.45, 2.75) is 19.4 Å². The third-order valence-electron chi connectivity index (χ3n) is 2.91. The standard InChI is InChI=1S/C12H14N4O/c1-2-11-12(17)15-5-6-16(11)10-3-4-14-9(7-10)8-13/h3-4,7,11H,2,5-6H2,1H3,(H,15,17). The van der Waals surface area contributed by atoms with E-state index >= 15 is 0 Å². The minimum absolute atomic E-state index is 0.0501. The molecule has 0 radical (unpaired) electrons. The van der Waals surface area contributed by atoms with Crippen molar-refractivity contribution in [3.05, 3.63) is 24.0 Å². The van der Waals surface area contributed by atoms with Crippen LogP contribution in [-0.2, 0) is 4.79 Å². The molecule has 88 valence electrons. The van der Waals surface area contributed by atoms with Crippen LogP contribution < -0.4 is 10.2 Å². The fraction of sp³-hybridized carbons (Fsp3) is 0.417. The maximum atomic E-state index is 11.7. The third-order valence-corrected chi connectivity index (χ3v) is 2.91. The van der Waals surface area contributed by atoms with Crippen molar-refractivity contribution >= 4 is 11.6 Å². The van der Waals surface area contributed by atoms with Crippen LogP contribution in [0.3, 0.4) is 0 Å². The highest BCUT2D eigenvalue weighted by Crippen LogP contribution is 2.20. The summed E-state index contributed by atoms with van der Waals surface area (Å²) in [5, 5.41) is 11.7. The van der Waals surface area contributed by atoms with Crippen LogP contribution in [0, 0.1) is 11.3 Å². The predicted octanol–water partition coefficient (Wildman–Crippen LogP) is 0.668. The number of pyridine rings is 1. The number of hydrogen-bond donors (Lipinski definition) is 1. The molecule has 1 N–H and O–H groups in total. The molecule has 1 unspecified atom stereocenters. The lowest BCUT2D eigenvalue weighted by molar-refractivity contribution is -0.123. The van der Waals surface area contributed by atoms with E-state index in [2.05, 4.69) is 10.3 Å². The number of nitrogens with zero attached hydrogens (tertiary/aromatic N) is 3. The van der Waals surface area contributed by atoms with Gasteiger partial charge in [-0.2, -0.15) is 5.26 Å². The van der Waals surface area contributed by atoms with Crippen molar-refractivity contribution in [3.8, 4) is 6.07 Å². The van der Waals surface area contributed by atoms with E-state index in [0.29, 0.717) is 12.2 Å². The molecule has 1 fully saturated rings. The molecule has 2 heterocycles. The van der Waals surface area contributed by atoms with E-state index in [1.54, 1.807) is 12.3 Å². The minimum atomic E-state index is -0.155. The summed E-state index contributed by atoms with van der Waals surface area (Å²) in [6.07, 6.45) is 2.35. The first-order valence-electron chi connectivity index (χ1n) is 5.66. The third kappa shape index (κ3) is 2.21. The van der Waals surface area contributed by atoms with Crippen LogP contribution >= 0.6 is 0 Å². The number of nitrogens with one attached hydrogen (secondary N) is 1. The molecule has 1 atom stereocenters. The second-order valence-corrected chi connectivity index (χ2v) is 3.92. The van der Waals surface area contributed by atoms with E-state index in [0.717, 1.165) is 18.7 Å². The first-order valence-corrected chi connectivity index (χ1v) is 5.66. The number of amides is 1. The van der Waals surface area contributed by atoms with Crippen molar-refractivity contribution < 1.29 is 4.79 Å². The molecule has 1 aliphatic rings. The number of piperazine rings is 1. The summed E-state index contributed by atoms with van der Waals surface area (Å²) in [6.45, 7) is 3.38. The van der Waals surface area contributed by atoms with Gasteiger partial charge in [0.05, 0.1) is 0 Å². The summed E-state index contributed by atoms with van der Waals surface area (Å²) >= 11 is 0. The highest BCUT2D eigenvalue weighted by Gasteiger charge is 2.28. The lowest BCUT2D eigenvalue weighted by Gasteiger charge is -2.36. The van der Waals surface area contributed by atoms with Crippen molar-refractivity contribution in [2.24, 2.45) is 0 Å². The molecule has 1 amide bonds. The van der Waals surface area contributed by atoms with Crippen LogP contribution in [0.5, 0.6) is 0 Å². The van der Waals surface area contributed by atoms with E-state index in [1.807, 2.05) is 24.0 Å². The molecule has 0 aliphatic carbocycles. The average molecular weight is 230 g/mol. The summed E-state index contributed by atoms with van der Waals surface area (Å²) in [5.74, 6) is 0.0501. The van der Waals surface area contributed by atoms with Gasteiger partial charge in [-0.25, -0.2) is 4.98 Å². The zero-order chi connectivity index (χ0) is 12.3. The minimum Gasteiger partial charge on any atom is -0.358 e. The van der Waals surface area contributed by atoms with Gasteiger partial charge in [-0.1, -0.05) is 6.92 Å². The van der Waals surface area contributed by atoms with Gasteiger partial charge in [0.15, 0.2) is 0 Å². The lowest BCUT2D eigenvalue weighted by Crippen LogP contribution is -2.55. The Morgan fingerprint density at radius 3 is 3.24 bits per heavy atom. The van der Waals surface area contributed by atoms with Crippen molar-refractivity contribution in [1.82, 2.24) is 10.3 Å². The van der Waals surface area contributed by atoms with E-state index in [9.17, 15) is 4.79 Å². The monoisotopic (exact) mass is 230 g/mol. The van der Waals surface area contributed by atoms with Gasteiger partial charge in [0.25, 0.3) is 0 Å². The summed E-state index contributed by atoms with van der Waals surface area (Å²) in [7, 11) is 0. The Hall–Kier alpha value is -2.09. The van der Waals surface area contributed by atoms with Gasteiger partial charge >= 0.3 is 0 Å². The molecule has 0 bridgehead atoms. The summed E-state index contributed by atoms with van der Waals surface area (Å²) in [5.41, 5.74) is 1.27. The van der Waals surface area contributed by atoms with Crippen LogP contribution in [0.2, 0.25) is 0 Å². The zero-order valence-electron chi connectivity index (χ0n) is 9.68. The Balaban J connectivity index is 2.31. The molecular weight excluding hydrogens is 216 g/mol. The van der Waals surface area contributed by atoms with Gasteiger partial charge in [0, 0.05) is 25.0 Å². The number of nitriles is 1. The average Bonchev–Trinajstić information content (AvgIpc) is 2.38. The molecule has 17 heavy (non-hydrogen) atoms. The van der Waals surface area contributed by atoms with Crippen LogP contribution in [0.15, 0.2) is 18.3 Å². The molecule has 0 spiro atoms. The molecule has 1 aromatic heterocycles. The maximum absolute atomic E-state index is 11.7. The molecule has 0 aromatic carbocycles. The second-order valence-electron chi connectivity index (χ2n) is 3.92. The van der Waals surface area contributed by atoms with Gasteiger partial charge in [0.1, 0.15) is 17.8 Å². The first kappa shape index (κ1) is 11.4. The number of aromatic nitrogens is 1. The van der Waals surface area contributed by atoms with Gasteiger partial charge in [-0.3, -0.25) is 4.79 Å². The fourth-order valence-electron chi connectivity index (χ4n) is 2.09. The van der Waals surface area contributed by atoms with Crippen molar-refractivity contribution in [2.75, 3.05) is 18.0 Å².